The van der Waals surface area contributed by atoms with Crippen LogP contribution in [-0.4, -0.2) is 25.5 Å². The van der Waals surface area contributed by atoms with Crippen molar-refractivity contribution in [3.05, 3.63) is 59.1 Å². The molecule has 2 aromatic carbocycles. The van der Waals surface area contributed by atoms with Crippen molar-refractivity contribution >= 4 is 33.3 Å². The first-order valence-corrected chi connectivity index (χ1v) is 9.00. The Hall–Kier alpha value is -2.09. The Balaban J connectivity index is 2.03. The quantitative estimate of drug-likeness (QED) is 0.695. The number of nitrogens with two attached hydrogens (primary N) is 1. The number of aryl methyl sites for hydroxylation is 1. The van der Waals surface area contributed by atoms with Gasteiger partial charge in [-0.1, -0.05) is 23.7 Å². The second kappa shape index (κ2) is 7.65. The number of aliphatic carboxylic acids is 1. The van der Waals surface area contributed by atoms with Gasteiger partial charge >= 0.3 is 5.97 Å². The normalized spacial score (nSPS) is 12.6. The van der Waals surface area contributed by atoms with E-state index in [0.29, 0.717) is 23.6 Å². The monoisotopic (exact) mass is 368 g/mol. The first kappa shape index (κ1) is 18.3. The van der Waals surface area contributed by atoms with Crippen LogP contribution < -0.4 is 10.5 Å². The van der Waals surface area contributed by atoms with Crippen LogP contribution in [0.25, 0.3) is 0 Å². The molecule has 0 saturated carbocycles. The molecule has 2 rings (SSSR count). The van der Waals surface area contributed by atoms with Gasteiger partial charge in [-0.15, -0.1) is 0 Å². The summed E-state index contributed by atoms with van der Waals surface area (Å²) in [7, 11) is -3.69. The molecule has 0 fully saturated rings. The summed E-state index contributed by atoms with van der Waals surface area (Å²) in [6.45, 7) is 0. The third-order valence-corrected chi connectivity index (χ3v) is 5.04. The van der Waals surface area contributed by atoms with Crippen molar-refractivity contribution in [3.63, 3.8) is 0 Å². The van der Waals surface area contributed by atoms with E-state index >= 15 is 0 Å². The minimum absolute atomic E-state index is 0.114. The molecule has 0 heterocycles. The highest BCUT2D eigenvalue weighted by atomic mass is 35.5. The summed E-state index contributed by atoms with van der Waals surface area (Å²) in [6.07, 6.45) is 0.808. The van der Waals surface area contributed by atoms with Crippen LogP contribution in [0, 0.1) is 0 Å². The van der Waals surface area contributed by atoms with Crippen molar-refractivity contribution in [2.45, 2.75) is 23.8 Å². The summed E-state index contributed by atoms with van der Waals surface area (Å²) >= 11 is 5.75. The Morgan fingerprint density at radius 1 is 1.12 bits per heavy atom. The van der Waals surface area contributed by atoms with Crippen molar-refractivity contribution < 1.29 is 18.3 Å². The van der Waals surface area contributed by atoms with Gasteiger partial charge in [0.15, 0.2) is 0 Å². The third kappa shape index (κ3) is 4.95. The molecule has 1 atom stereocenters. The number of carbonyl (C=O) groups is 1. The summed E-state index contributed by atoms with van der Waals surface area (Å²) in [5.41, 5.74) is 6.74. The van der Waals surface area contributed by atoms with Crippen LogP contribution in [0.15, 0.2) is 53.4 Å². The lowest BCUT2D eigenvalue weighted by molar-refractivity contribution is -0.138. The molecule has 0 saturated heterocycles. The van der Waals surface area contributed by atoms with Gasteiger partial charge in [-0.05, 0) is 54.8 Å². The van der Waals surface area contributed by atoms with E-state index in [-0.39, 0.29) is 4.90 Å². The number of carboxylic acid groups (broad SMARTS) is 1. The van der Waals surface area contributed by atoms with Crippen molar-refractivity contribution in [2.75, 3.05) is 4.72 Å². The van der Waals surface area contributed by atoms with Crippen molar-refractivity contribution in [1.29, 1.82) is 0 Å². The van der Waals surface area contributed by atoms with E-state index in [0.717, 1.165) is 5.56 Å². The predicted octanol–water partition coefficient (Wildman–Crippen LogP) is 2.49. The van der Waals surface area contributed by atoms with E-state index in [2.05, 4.69) is 4.72 Å². The second-order valence-electron chi connectivity index (χ2n) is 5.24. The van der Waals surface area contributed by atoms with Crippen LogP contribution in [0.1, 0.15) is 12.0 Å². The van der Waals surface area contributed by atoms with Gasteiger partial charge in [-0.25, -0.2) is 8.42 Å². The summed E-state index contributed by atoms with van der Waals surface area (Å²) in [4.78, 5) is 10.8. The highest BCUT2D eigenvalue weighted by Crippen LogP contribution is 2.19. The summed E-state index contributed by atoms with van der Waals surface area (Å²) in [5.74, 6) is -1.04. The summed E-state index contributed by atoms with van der Waals surface area (Å²) in [5, 5.41) is 9.20. The van der Waals surface area contributed by atoms with Crippen LogP contribution in [-0.2, 0) is 21.2 Å². The maximum absolute atomic E-state index is 12.3. The van der Waals surface area contributed by atoms with E-state index in [1.165, 1.54) is 24.3 Å². The van der Waals surface area contributed by atoms with Crippen LogP contribution in [0.5, 0.6) is 0 Å². The molecule has 2 aromatic rings. The Bertz CT molecular complexity index is 805. The molecule has 24 heavy (non-hydrogen) atoms. The van der Waals surface area contributed by atoms with Crippen molar-refractivity contribution in [1.82, 2.24) is 0 Å². The maximum atomic E-state index is 12.3. The molecule has 0 aliphatic rings. The molecule has 0 amide bonds. The zero-order valence-corrected chi connectivity index (χ0v) is 14.2. The largest absolute Gasteiger partial charge is 0.480 e. The van der Waals surface area contributed by atoms with E-state index in [1.54, 1.807) is 24.3 Å². The first-order valence-electron chi connectivity index (χ1n) is 7.13. The highest BCUT2D eigenvalue weighted by Gasteiger charge is 2.14. The molecular weight excluding hydrogens is 352 g/mol. The van der Waals surface area contributed by atoms with E-state index in [9.17, 15) is 13.2 Å². The number of halogens is 1. The van der Waals surface area contributed by atoms with E-state index in [1.807, 2.05) is 0 Å². The highest BCUT2D eigenvalue weighted by molar-refractivity contribution is 7.92. The molecule has 6 nitrogen and oxygen atoms in total. The van der Waals surface area contributed by atoms with Crippen LogP contribution in [0.4, 0.5) is 5.69 Å². The zero-order chi connectivity index (χ0) is 17.7. The van der Waals surface area contributed by atoms with Gasteiger partial charge in [0.1, 0.15) is 6.04 Å². The van der Waals surface area contributed by atoms with Gasteiger partial charge in [0.25, 0.3) is 10.0 Å². The average molecular weight is 369 g/mol. The molecule has 0 aliphatic heterocycles. The number of sulfonamides is 1. The lowest BCUT2D eigenvalue weighted by atomic mass is 10.1. The molecule has 0 bridgehead atoms. The first-order chi connectivity index (χ1) is 11.3. The van der Waals surface area contributed by atoms with Gasteiger partial charge in [0.05, 0.1) is 4.90 Å². The fourth-order valence-corrected chi connectivity index (χ4v) is 3.20. The van der Waals surface area contributed by atoms with Gasteiger partial charge < -0.3 is 10.8 Å². The zero-order valence-electron chi connectivity index (χ0n) is 12.6. The molecule has 0 spiro atoms. The standard InChI is InChI=1S/C16H17ClN2O4S/c17-12-4-8-14(9-5-12)24(22,23)19-13-6-1-11(2-7-13)3-10-15(18)16(20)21/h1-2,4-9,15,19H,3,10,18H2,(H,20,21)/t15-/m0/s1. The molecule has 4 N–H and O–H groups in total. The van der Waals surface area contributed by atoms with Crippen LogP contribution in [0.3, 0.4) is 0 Å². The third-order valence-electron chi connectivity index (χ3n) is 3.39. The number of rotatable bonds is 7. The number of hydrogen-bond donors (Lipinski definition) is 3. The minimum Gasteiger partial charge on any atom is -0.480 e. The van der Waals surface area contributed by atoms with Crippen LogP contribution >= 0.6 is 11.6 Å². The fourth-order valence-electron chi connectivity index (χ4n) is 2.01. The van der Waals surface area contributed by atoms with E-state index < -0.39 is 22.0 Å². The molecule has 0 aromatic heterocycles. The number of benzene rings is 2. The fraction of sp³-hybridized carbons (Fsp3) is 0.188. The molecule has 0 radical (unpaired) electrons. The molecule has 0 unspecified atom stereocenters. The number of nitrogens with one attached hydrogen (secondary N) is 1. The maximum Gasteiger partial charge on any atom is 0.320 e. The van der Waals surface area contributed by atoms with Gasteiger partial charge in [0.2, 0.25) is 0 Å². The minimum atomic E-state index is -3.69. The second-order valence-corrected chi connectivity index (χ2v) is 7.36. The molecule has 0 aliphatic carbocycles. The number of carboxylic acids is 1. The lowest BCUT2D eigenvalue weighted by Gasteiger charge is -2.10. The predicted molar refractivity (Wildman–Crippen MR) is 92.6 cm³/mol. The average Bonchev–Trinajstić information content (AvgIpc) is 2.54. The van der Waals surface area contributed by atoms with Crippen molar-refractivity contribution in [2.24, 2.45) is 5.73 Å². The Labute approximate surface area is 145 Å². The Morgan fingerprint density at radius 2 is 1.71 bits per heavy atom. The van der Waals surface area contributed by atoms with Crippen molar-refractivity contribution in [3.8, 4) is 0 Å². The lowest BCUT2D eigenvalue weighted by Crippen LogP contribution is -2.30. The van der Waals surface area contributed by atoms with Gasteiger partial charge in [-0.3, -0.25) is 9.52 Å². The number of hydrogen-bond acceptors (Lipinski definition) is 4. The Kier molecular flexibility index (Phi) is 5.82. The van der Waals surface area contributed by atoms with Gasteiger partial charge in [-0.2, -0.15) is 0 Å². The van der Waals surface area contributed by atoms with E-state index in [4.69, 9.17) is 22.4 Å². The molecule has 8 heteroatoms. The SMILES string of the molecule is N[C@@H](CCc1ccc(NS(=O)(=O)c2ccc(Cl)cc2)cc1)C(=O)O. The van der Waals surface area contributed by atoms with Crippen LogP contribution in [0.2, 0.25) is 5.02 Å². The van der Waals surface area contributed by atoms with Gasteiger partial charge in [0, 0.05) is 10.7 Å². The number of anilines is 1. The summed E-state index contributed by atoms with van der Waals surface area (Å²) in [6, 6.07) is 11.6. The Morgan fingerprint density at radius 3 is 2.25 bits per heavy atom. The molecule has 128 valence electrons. The summed E-state index contributed by atoms with van der Waals surface area (Å²) < 4.78 is 27.0. The molecular formula is C16H17ClN2O4S. The smallest absolute Gasteiger partial charge is 0.320 e. The topological polar surface area (TPSA) is 109 Å².